The first kappa shape index (κ1) is 18.1. The smallest absolute Gasteiger partial charge is 0.291 e. The summed E-state index contributed by atoms with van der Waals surface area (Å²) in [6.45, 7) is 2.82. The van der Waals surface area contributed by atoms with Crippen molar-refractivity contribution in [3.8, 4) is 17.1 Å². The third kappa shape index (κ3) is 4.09. The summed E-state index contributed by atoms with van der Waals surface area (Å²) in [6.07, 6.45) is 0. The number of hydrogen-bond acceptors (Lipinski definition) is 4. The molecule has 1 aromatic heterocycles. The number of nitrogens with one attached hydrogen (secondary N) is 1. The van der Waals surface area contributed by atoms with E-state index < -0.39 is 0 Å². The Kier molecular flexibility index (Phi) is 5.65. The maximum Gasteiger partial charge on any atom is 0.291 e. The number of hydrogen-bond donors (Lipinski definition) is 1. The SMILES string of the molecule is COCCNC(=O)c1nc(-c2cccc(C)c2)n(-c2ccc(Cl)cc2)n1. The van der Waals surface area contributed by atoms with Crippen LogP contribution in [0.15, 0.2) is 48.5 Å². The molecule has 3 aromatic rings. The van der Waals surface area contributed by atoms with Gasteiger partial charge in [-0.15, -0.1) is 5.10 Å². The Labute approximate surface area is 156 Å². The van der Waals surface area contributed by atoms with Crippen LogP contribution >= 0.6 is 11.6 Å². The lowest BCUT2D eigenvalue weighted by atomic mass is 10.1. The van der Waals surface area contributed by atoms with Gasteiger partial charge in [0.05, 0.1) is 12.3 Å². The number of rotatable bonds is 6. The first-order chi connectivity index (χ1) is 12.6. The number of aryl methyl sites for hydroxylation is 1. The molecule has 7 heteroatoms. The molecule has 6 nitrogen and oxygen atoms in total. The van der Waals surface area contributed by atoms with Gasteiger partial charge in [-0.25, -0.2) is 9.67 Å². The number of aromatic nitrogens is 3. The molecule has 0 bridgehead atoms. The number of amides is 1. The van der Waals surface area contributed by atoms with E-state index in [1.807, 2.05) is 43.3 Å². The lowest BCUT2D eigenvalue weighted by Crippen LogP contribution is -2.28. The molecular formula is C19H19ClN4O2. The van der Waals surface area contributed by atoms with Crippen LogP contribution in [0, 0.1) is 6.92 Å². The maximum atomic E-state index is 12.3. The number of halogens is 1. The summed E-state index contributed by atoms with van der Waals surface area (Å²) in [5.74, 6) is 0.351. The molecule has 1 amide bonds. The third-order valence-electron chi connectivity index (χ3n) is 3.75. The third-order valence-corrected chi connectivity index (χ3v) is 4.00. The van der Waals surface area contributed by atoms with Crippen molar-refractivity contribution < 1.29 is 9.53 Å². The largest absolute Gasteiger partial charge is 0.383 e. The summed E-state index contributed by atoms with van der Waals surface area (Å²) in [7, 11) is 1.58. The fourth-order valence-electron chi connectivity index (χ4n) is 2.49. The summed E-state index contributed by atoms with van der Waals surface area (Å²) in [6, 6.07) is 15.1. The molecule has 0 aliphatic carbocycles. The van der Waals surface area contributed by atoms with Gasteiger partial charge in [0.15, 0.2) is 5.82 Å². The molecule has 0 aliphatic heterocycles. The molecule has 1 N–H and O–H groups in total. The van der Waals surface area contributed by atoms with E-state index in [0.29, 0.717) is 24.0 Å². The highest BCUT2D eigenvalue weighted by Crippen LogP contribution is 2.23. The molecule has 0 fully saturated rings. The van der Waals surface area contributed by atoms with Crippen LogP contribution in [0.25, 0.3) is 17.1 Å². The zero-order valence-electron chi connectivity index (χ0n) is 14.6. The van der Waals surface area contributed by atoms with Crippen LogP contribution in [0.4, 0.5) is 0 Å². The molecule has 1 heterocycles. The van der Waals surface area contributed by atoms with Gasteiger partial charge in [0.2, 0.25) is 5.82 Å². The van der Waals surface area contributed by atoms with Crippen LogP contribution < -0.4 is 5.32 Å². The molecule has 0 radical (unpaired) electrons. The van der Waals surface area contributed by atoms with E-state index in [9.17, 15) is 4.79 Å². The average molecular weight is 371 g/mol. The average Bonchev–Trinajstić information content (AvgIpc) is 3.08. The fraction of sp³-hybridized carbons (Fsp3) is 0.211. The Hall–Kier alpha value is -2.70. The van der Waals surface area contributed by atoms with Gasteiger partial charge in [0.1, 0.15) is 0 Å². The van der Waals surface area contributed by atoms with E-state index in [4.69, 9.17) is 16.3 Å². The summed E-state index contributed by atoms with van der Waals surface area (Å²) in [4.78, 5) is 16.8. The Morgan fingerprint density at radius 3 is 2.69 bits per heavy atom. The van der Waals surface area contributed by atoms with Gasteiger partial charge < -0.3 is 10.1 Å². The van der Waals surface area contributed by atoms with Crippen molar-refractivity contribution in [2.24, 2.45) is 0 Å². The minimum atomic E-state index is -0.344. The quantitative estimate of drug-likeness (QED) is 0.676. The molecule has 0 atom stereocenters. The van der Waals surface area contributed by atoms with Crippen LogP contribution in [0.5, 0.6) is 0 Å². The van der Waals surface area contributed by atoms with Crippen molar-refractivity contribution in [3.63, 3.8) is 0 Å². The van der Waals surface area contributed by atoms with Crippen LogP contribution in [0.2, 0.25) is 5.02 Å². The van der Waals surface area contributed by atoms with Gasteiger partial charge in [-0.05, 0) is 37.3 Å². The molecule has 0 saturated carbocycles. The van der Waals surface area contributed by atoms with Crippen molar-refractivity contribution in [2.75, 3.05) is 20.3 Å². The van der Waals surface area contributed by atoms with E-state index in [0.717, 1.165) is 16.8 Å². The predicted molar refractivity (Wildman–Crippen MR) is 101 cm³/mol. The molecular weight excluding hydrogens is 352 g/mol. The molecule has 2 aromatic carbocycles. The minimum absolute atomic E-state index is 0.104. The van der Waals surface area contributed by atoms with Gasteiger partial charge in [0, 0.05) is 24.2 Å². The number of methoxy groups -OCH3 is 1. The number of carbonyl (C=O) groups excluding carboxylic acids is 1. The highest BCUT2D eigenvalue weighted by Gasteiger charge is 2.18. The van der Waals surface area contributed by atoms with E-state index in [2.05, 4.69) is 15.4 Å². The van der Waals surface area contributed by atoms with Crippen molar-refractivity contribution in [3.05, 3.63) is 64.9 Å². The number of benzene rings is 2. The Balaban J connectivity index is 2.03. The summed E-state index contributed by atoms with van der Waals surface area (Å²) in [5.41, 5.74) is 2.75. The Morgan fingerprint density at radius 1 is 1.23 bits per heavy atom. The molecule has 26 heavy (non-hydrogen) atoms. The van der Waals surface area contributed by atoms with Crippen LogP contribution in [0.3, 0.4) is 0 Å². The maximum absolute atomic E-state index is 12.3. The second-order valence-electron chi connectivity index (χ2n) is 5.77. The topological polar surface area (TPSA) is 69.0 Å². The van der Waals surface area contributed by atoms with Crippen molar-refractivity contribution in [2.45, 2.75) is 6.92 Å². The van der Waals surface area contributed by atoms with Gasteiger partial charge in [-0.2, -0.15) is 0 Å². The number of ether oxygens (including phenoxy) is 1. The highest BCUT2D eigenvalue weighted by molar-refractivity contribution is 6.30. The number of carbonyl (C=O) groups is 1. The van der Waals surface area contributed by atoms with Crippen LogP contribution in [0.1, 0.15) is 16.2 Å². The molecule has 0 spiro atoms. The van der Waals surface area contributed by atoms with Crippen molar-refractivity contribution in [1.29, 1.82) is 0 Å². The zero-order valence-corrected chi connectivity index (χ0v) is 15.3. The van der Waals surface area contributed by atoms with E-state index in [1.54, 1.807) is 23.9 Å². The first-order valence-electron chi connectivity index (χ1n) is 8.15. The second kappa shape index (κ2) is 8.12. The molecule has 134 valence electrons. The summed E-state index contributed by atoms with van der Waals surface area (Å²) >= 11 is 5.98. The minimum Gasteiger partial charge on any atom is -0.383 e. The van der Waals surface area contributed by atoms with Crippen molar-refractivity contribution in [1.82, 2.24) is 20.1 Å². The number of nitrogens with zero attached hydrogens (tertiary/aromatic N) is 3. The van der Waals surface area contributed by atoms with Gasteiger partial charge >= 0.3 is 0 Å². The highest BCUT2D eigenvalue weighted by atomic mass is 35.5. The zero-order chi connectivity index (χ0) is 18.5. The van der Waals surface area contributed by atoms with Crippen LogP contribution in [-0.2, 0) is 4.74 Å². The van der Waals surface area contributed by atoms with E-state index in [1.165, 1.54) is 0 Å². The molecule has 3 rings (SSSR count). The lowest BCUT2D eigenvalue weighted by molar-refractivity contribution is 0.0927. The summed E-state index contributed by atoms with van der Waals surface area (Å²) in [5, 5.41) is 7.77. The van der Waals surface area contributed by atoms with Gasteiger partial charge in [-0.3, -0.25) is 4.79 Å². The Bertz CT molecular complexity index is 906. The standard InChI is InChI=1S/C19H19ClN4O2/c1-13-4-3-5-14(12-13)18-22-17(19(25)21-10-11-26-2)23-24(18)16-8-6-15(20)7-9-16/h3-9,12H,10-11H2,1-2H3,(H,21,25). The summed E-state index contributed by atoms with van der Waals surface area (Å²) < 4.78 is 6.60. The molecule has 0 aliphatic rings. The fourth-order valence-corrected chi connectivity index (χ4v) is 2.61. The first-order valence-corrected chi connectivity index (χ1v) is 8.53. The van der Waals surface area contributed by atoms with Crippen molar-refractivity contribution >= 4 is 17.5 Å². The predicted octanol–water partition coefficient (Wildman–Crippen LogP) is 3.27. The van der Waals surface area contributed by atoms with E-state index >= 15 is 0 Å². The Morgan fingerprint density at radius 2 is 2.00 bits per heavy atom. The molecule has 0 unspecified atom stereocenters. The van der Waals surface area contributed by atoms with Crippen LogP contribution in [-0.4, -0.2) is 40.9 Å². The van der Waals surface area contributed by atoms with Gasteiger partial charge in [-0.1, -0.05) is 35.4 Å². The molecule has 0 saturated heterocycles. The normalized spacial score (nSPS) is 10.7. The lowest BCUT2D eigenvalue weighted by Gasteiger charge is -2.06. The van der Waals surface area contributed by atoms with Gasteiger partial charge in [0.25, 0.3) is 5.91 Å². The second-order valence-corrected chi connectivity index (χ2v) is 6.20. The van der Waals surface area contributed by atoms with E-state index in [-0.39, 0.29) is 11.7 Å². The monoisotopic (exact) mass is 370 g/mol.